The van der Waals surface area contributed by atoms with Gasteiger partial charge in [-0.2, -0.15) is 0 Å². The third-order valence-corrected chi connectivity index (χ3v) is 4.89. The van der Waals surface area contributed by atoms with E-state index in [1.165, 1.54) is 18.2 Å². The monoisotopic (exact) mass is 466 g/mol. The first-order valence-corrected chi connectivity index (χ1v) is 9.55. The summed E-state index contributed by atoms with van der Waals surface area (Å²) in [6.45, 7) is 0.634. The summed E-state index contributed by atoms with van der Waals surface area (Å²) in [6.07, 6.45) is 3.37. The molecule has 0 aliphatic rings. The average molecular weight is 468 g/mol. The molecule has 1 amide bonds. The van der Waals surface area contributed by atoms with E-state index in [0.29, 0.717) is 28.7 Å². The van der Waals surface area contributed by atoms with Crippen LogP contribution in [0.2, 0.25) is 10.0 Å². The van der Waals surface area contributed by atoms with Crippen molar-refractivity contribution >= 4 is 45.0 Å². The number of benzene rings is 2. The average Bonchev–Trinajstić information content (AvgIpc) is 2.63. The molecule has 27 heavy (non-hydrogen) atoms. The van der Waals surface area contributed by atoms with E-state index in [0.717, 1.165) is 11.1 Å². The molecule has 0 saturated heterocycles. The molecule has 0 fully saturated rings. The molecule has 3 aromatic rings. The molecule has 0 N–H and O–H groups in total. The van der Waals surface area contributed by atoms with Crippen molar-refractivity contribution in [1.29, 1.82) is 0 Å². The highest BCUT2D eigenvalue weighted by molar-refractivity contribution is 9.10. The van der Waals surface area contributed by atoms with Crippen LogP contribution in [0.25, 0.3) is 0 Å². The minimum Gasteiger partial charge on any atom is -0.330 e. The predicted octanol–water partition coefficient (Wildman–Crippen LogP) is 6.13. The summed E-state index contributed by atoms with van der Waals surface area (Å²) in [6, 6.07) is 13.0. The van der Waals surface area contributed by atoms with Crippen LogP contribution in [0.3, 0.4) is 0 Å². The maximum atomic E-state index is 13.5. The van der Waals surface area contributed by atoms with Crippen molar-refractivity contribution < 1.29 is 9.18 Å². The van der Waals surface area contributed by atoms with Gasteiger partial charge in [-0.3, -0.25) is 9.78 Å². The third-order valence-electron chi connectivity index (χ3n) is 3.85. The number of aromatic nitrogens is 1. The number of pyridine rings is 1. The van der Waals surface area contributed by atoms with Crippen molar-refractivity contribution in [3.05, 3.63) is 98.0 Å². The zero-order valence-corrected chi connectivity index (χ0v) is 17.1. The highest BCUT2D eigenvalue weighted by Gasteiger charge is 2.18. The highest BCUT2D eigenvalue weighted by atomic mass is 79.9. The largest absolute Gasteiger partial charge is 0.330 e. The van der Waals surface area contributed by atoms with Crippen molar-refractivity contribution in [2.75, 3.05) is 0 Å². The van der Waals surface area contributed by atoms with E-state index in [2.05, 4.69) is 20.9 Å². The second-order valence-electron chi connectivity index (χ2n) is 5.93. The SMILES string of the molecule is O=C(c1ccc(F)c(Br)c1)N(Cc1cccnc1)Cc1cc(Cl)cc(Cl)c1. The van der Waals surface area contributed by atoms with Gasteiger partial charge in [0.25, 0.3) is 5.91 Å². The molecule has 0 radical (unpaired) electrons. The smallest absolute Gasteiger partial charge is 0.254 e. The number of hydrogen-bond acceptors (Lipinski definition) is 2. The Morgan fingerprint density at radius 3 is 2.37 bits per heavy atom. The Morgan fingerprint density at radius 2 is 1.74 bits per heavy atom. The summed E-state index contributed by atoms with van der Waals surface area (Å²) >= 11 is 15.3. The number of amides is 1. The standard InChI is InChI=1S/C20H14BrCl2FN2O/c21-18-8-15(3-4-19(18)24)20(27)26(11-13-2-1-5-25-10-13)12-14-6-16(22)9-17(23)7-14/h1-10H,11-12H2. The minimum atomic E-state index is -0.424. The molecule has 0 bridgehead atoms. The lowest BCUT2D eigenvalue weighted by molar-refractivity contribution is 0.0729. The predicted molar refractivity (Wildman–Crippen MR) is 108 cm³/mol. The van der Waals surface area contributed by atoms with Gasteiger partial charge in [-0.05, 0) is 69.5 Å². The Morgan fingerprint density at radius 1 is 1.04 bits per heavy atom. The first-order valence-electron chi connectivity index (χ1n) is 8.00. The van der Waals surface area contributed by atoms with Gasteiger partial charge in [-0.25, -0.2) is 4.39 Å². The van der Waals surface area contributed by atoms with Crippen LogP contribution >= 0.6 is 39.1 Å². The Bertz CT molecular complexity index is 949. The zero-order chi connectivity index (χ0) is 19.4. The Hall–Kier alpha value is -1.95. The first-order chi connectivity index (χ1) is 12.9. The van der Waals surface area contributed by atoms with Crippen molar-refractivity contribution in [1.82, 2.24) is 9.88 Å². The summed E-state index contributed by atoms with van der Waals surface area (Å²) in [5, 5.41) is 0.992. The van der Waals surface area contributed by atoms with E-state index in [-0.39, 0.29) is 10.4 Å². The number of hydrogen-bond donors (Lipinski definition) is 0. The van der Waals surface area contributed by atoms with Crippen LogP contribution in [-0.4, -0.2) is 15.8 Å². The molecule has 3 rings (SSSR count). The van der Waals surface area contributed by atoms with Gasteiger partial charge in [-0.1, -0.05) is 29.3 Å². The zero-order valence-electron chi connectivity index (χ0n) is 14.0. The fraction of sp³-hybridized carbons (Fsp3) is 0.100. The van der Waals surface area contributed by atoms with Crippen molar-refractivity contribution in [2.24, 2.45) is 0 Å². The molecule has 0 aliphatic heterocycles. The molecule has 138 valence electrons. The van der Waals surface area contributed by atoms with E-state index >= 15 is 0 Å². The minimum absolute atomic E-state index is 0.237. The van der Waals surface area contributed by atoms with E-state index < -0.39 is 5.82 Å². The van der Waals surface area contributed by atoms with Crippen molar-refractivity contribution in [3.63, 3.8) is 0 Å². The lowest BCUT2D eigenvalue weighted by Crippen LogP contribution is -2.30. The lowest BCUT2D eigenvalue weighted by Gasteiger charge is -2.23. The van der Waals surface area contributed by atoms with Gasteiger partial charge in [0.1, 0.15) is 5.82 Å². The molecule has 0 spiro atoms. The van der Waals surface area contributed by atoms with Crippen LogP contribution in [-0.2, 0) is 13.1 Å². The van der Waals surface area contributed by atoms with Gasteiger partial charge in [0.05, 0.1) is 4.47 Å². The van der Waals surface area contributed by atoms with E-state index in [1.54, 1.807) is 35.5 Å². The second-order valence-corrected chi connectivity index (χ2v) is 7.66. The summed E-state index contributed by atoms with van der Waals surface area (Å²) < 4.78 is 13.8. The number of rotatable bonds is 5. The summed E-state index contributed by atoms with van der Waals surface area (Å²) in [5.74, 6) is -0.664. The van der Waals surface area contributed by atoms with Crippen LogP contribution in [0.1, 0.15) is 21.5 Å². The molecule has 0 unspecified atom stereocenters. The molecule has 1 heterocycles. The number of halogens is 4. The van der Waals surface area contributed by atoms with Gasteiger partial charge in [0.2, 0.25) is 0 Å². The summed E-state index contributed by atoms with van der Waals surface area (Å²) in [4.78, 5) is 18.8. The molecule has 0 aliphatic carbocycles. The highest BCUT2D eigenvalue weighted by Crippen LogP contribution is 2.23. The van der Waals surface area contributed by atoms with Crippen LogP contribution < -0.4 is 0 Å². The molecule has 0 atom stereocenters. The topological polar surface area (TPSA) is 33.2 Å². The molecule has 3 nitrogen and oxygen atoms in total. The third kappa shape index (κ3) is 5.28. The molecule has 7 heteroatoms. The summed E-state index contributed by atoms with van der Waals surface area (Å²) in [5.41, 5.74) is 2.05. The van der Waals surface area contributed by atoms with Gasteiger partial charge in [0.15, 0.2) is 0 Å². The van der Waals surface area contributed by atoms with Crippen LogP contribution in [0.5, 0.6) is 0 Å². The summed E-state index contributed by atoms with van der Waals surface area (Å²) in [7, 11) is 0. The van der Waals surface area contributed by atoms with Crippen molar-refractivity contribution in [2.45, 2.75) is 13.1 Å². The maximum absolute atomic E-state index is 13.5. The first kappa shape index (κ1) is 19.8. The molecule has 0 saturated carbocycles. The Kier molecular flexibility index (Phi) is 6.47. The number of carbonyl (C=O) groups excluding carboxylic acids is 1. The second kappa shape index (κ2) is 8.83. The van der Waals surface area contributed by atoms with Crippen LogP contribution in [0.15, 0.2) is 65.4 Å². The fourth-order valence-corrected chi connectivity index (χ4v) is 3.60. The Labute approximate surface area is 174 Å². The molecule has 2 aromatic carbocycles. The van der Waals surface area contributed by atoms with Crippen LogP contribution in [0, 0.1) is 5.82 Å². The van der Waals surface area contributed by atoms with E-state index in [1.807, 2.05) is 12.1 Å². The van der Waals surface area contributed by atoms with Gasteiger partial charge < -0.3 is 4.90 Å². The lowest BCUT2D eigenvalue weighted by atomic mass is 10.1. The van der Waals surface area contributed by atoms with E-state index in [9.17, 15) is 9.18 Å². The number of carbonyl (C=O) groups is 1. The van der Waals surface area contributed by atoms with Gasteiger partial charge >= 0.3 is 0 Å². The number of nitrogens with zero attached hydrogens (tertiary/aromatic N) is 2. The van der Waals surface area contributed by atoms with Crippen molar-refractivity contribution in [3.8, 4) is 0 Å². The molecular weight excluding hydrogens is 454 g/mol. The molecular formula is C20H14BrCl2FN2O. The normalized spacial score (nSPS) is 10.7. The van der Waals surface area contributed by atoms with Gasteiger partial charge in [-0.15, -0.1) is 0 Å². The van der Waals surface area contributed by atoms with E-state index in [4.69, 9.17) is 23.2 Å². The van der Waals surface area contributed by atoms with Crippen LogP contribution in [0.4, 0.5) is 4.39 Å². The molecule has 1 aromatic heterocycles. The maximum Gasteiger partial charge on any atom is 0.254 e. The fourth-order valence-electron chi connectivity index (χ4n) is 2.65. The van der Waals surface area contributed by atoms with Gasteiger partial charge in [0, 0.05) is 41.1 Å². The Balaban J connectivity index is 1.93. The quantitative estimate of drug-likeness (QED) is 0.452.